The third-order valence-corrected chi connectivity index (χ3v) is 12.6. The number of epoxide rings is 4. The van der Waals surface area contributed by atoms with Gasteiger partial charge in [0.05, 0.1) is 54.9 Å². The van der Waals surface area contributed by atoms with Crippen LogP contribution in [0.4, 0.5) is 19.6 Å². The summed E-state index contributed by atoms with van der Waals surface area (Å²) in [6.07, 6.45) is 11.1. The molecule has 4 saturated heterocycles. The number of hydrogen-bond donors (Lipinski definition) is 4. The van der Waals surface area contributed by atoms with Gasteiger partial charge in [0.25, 0.3) is 0 Å². The highest BCUT2D eigenvalue weighted by Crippen LogP contribution is 2.60. The Kier molecular flexibility index (Phi) is 13.6. The molecule has 2 saturated carbocycles. The first-order valence-electron chi connectivity index (χ1n) is 19.4. The molecule has 6 aliphatic rings. The van der Waals surface area contributed by atoms with Gasteiger partial charge in [-0.25, -0.2) is 4.79 Å². The highest BCUT2D eigenvalue weighted by Gasteiger charge is 2.73. The number of carbonyl (C=O) groups is 1. The van der Waals surface area contributed by atoms with Gasteiger partial charge in [0.1, 0.15) is 11.2 Å². The third kappa shape index (κ3) is 9.30. The zero-order valence-corrected chi connectivity index (χ0v) is 33.4. The van der Waals surface area contributed by atoms with Gasteiger partial charge in [-0.1, -0.05) is 35.4 Å². The van der Waals surface area contributed by atoms with E-state index in [0.29, 0.717) is 6.54 Å². The number of amides is 2. The molecule has 4 aliphatic heterocycles. The van der Waals surface area contributed by atoms with Crippen LogP contribution in [0.3, 0.4) is 0 Å². The monoisotopic (exact) mass is 762 g/mol. The quantitative estimate of drug-likeness (QED) is 0.113. The van der Waals surface area contributed by atoms with E-state index in [9.17, 15) is 4.79 Å². The number of nitrogens with one attached hydrogen (secondary N) is 2. The minimum atomic E-state index is -0.297. The molecule has 2 aliphatic carbocycles. The summed E-state index contributed by atoms with van der Waals surface area (Å²) in [5.41, 5.74) is 15.8. The van der Waals surface area contributed by atoms with Crippen LogP contribution in [-0.4, -0.2) is 98.9 Å². The molecule has 1 aromatic carbocycles. The van der Waals surface area contributed by atoms with E-state index in [-0.39, 0.29) is 76.8 Å². The second-order valence-corrected chi connectivity index (χ2v) is 16.9. The molecule has 304 valence electrons. The Hall–Kier alpha value is -2.65. The average molecular weight is 763 g/mol. The van der Waals surface area contributed by atoms with E-state index < -0.39 is 0 Å². The Bertz CT molecular complexity index is 1480. The van der Waals surface area contributed by atoms with Crippen molar-refractivity contribution < 1.29 is 42.4 Å². The van der Waals surface area contributed by atoms with Crippen LogP contribution in [-0.2, 0) is 34.8 Å². The number of allylic oxidation sites excluding steroid dienone is 2. The molecule has 2 spiro atoms. The fraction of sp³-hybridized carbons (Fsp3) is 0.732. The molecule has 7 rings (SSSR count). The number of carbonyl (C=O) groups excluding carboxylic acids is 1. The Morgan fingerprint density at radius 1 is 0.852 bits per heavy atom. The summed E-state index contributed by atoms with van der Waals surface area (Å²) in [5, 5.41) is 6.14. The molecular formula is C41H64F2N4O7. The van der Waals surface area contributed by atoms with Gasteiger partial charge in [-0.15, -0.1) is 0 Å². The number of halogens is 2. The van der Waals surface area contributed by atoms with Crippen LogP contribution in [0.5, 0.6) is 0 Å². The van der Waals surface area contributed by atoms with E-state index in [1.165, 1.54) is 11.1 Å². The van der Waals surface area contributed by atoms with Crippen molar-refractivity contribution in [1.29, 1.82) is 0 Å². The van der Waals surface area contributed by atoms with Crippen molar-refractivity contribution in [3.63, 3.8) is 0 Å². The molecule has 0 bridgehead atoms. The normalized spacial score (nSPS) is 39.5. The number of hydrogen-bond acceptors (Lipinski definition) is 9. The van der Waals surface area contributed by atoms with Gasteiger partial charge in [-0.2, -0.15) is 0 Å². The number of benzene rings is 1. The predicted octanol–water partition coefficient (Wildman–Crippen LogP) is 6.05. The maximum Gasteiger partial charge on any atom is 0.315 e. The number of methoxy groups -OCH3 is 2. The molecule has 11 nitrogen and oxygen atoms in total. The second-order valence-electron chi connectivity index (χ2n) is 16.9. The molecule has 6 N–H and O–H groups in total. The number of nitrogens with two attached hydrogens (primary N) is 2. The van der Waals surface area contributed by atoms with Crippen molar-refractivity contribution in [2.24, 2.45) is 17.6 Å². The molecule has 0 aromatic heterocycles. The number of nitrogen functional groups attached to an aromatic ring is 1. The molecule has 13 heteroatoms. The van der Waals surface area contributed by atoms with Gasteiger partial charge < -0.3 is 50.5 Å². The highest BCUT2D eigenvalue weighted by molar-refractivity contribution is 5.74. The number of rotatable bonds is 12. The van der Waals surface area contributed by atoms with E-state index in [4.69, 9.17) is 49.0 Å². The summed E-state index contributed by atoms with van der Waals surface area (Å²) < 4.78 is 51.9. The van der Waals surface area contributed by atoms with Crippen molar-refractivity contribution in [2.75, 3.05) is 39.7 Å². The summed E-state index contributed by atoms with van der Waals surface area (Å²) in [6, 6.07) is 7.56. The number of urea groups is 1. The van der Waals surface area contributed by atoms with Gasteiger partial charge in [-0.05, 0) is 104 Å². The minimum Gasteiger partial charge on any atom is -0.399 e. The highest BCUT2D eigenvalue weighted by atomic mass is 20.0. The van der Waals surface area contributed by atoms with Crippen molar-refractivity contribution >= 4 is 11.7 Å². The molecule has 54 heavy (non-hydrogen) atoms. The smallest absolute Gasteiger partial charge is 0.315 e. The third-order valence-electron chi connectivity index (χ3n) is 12.6. The first-order chi connectivity index (χ1) is 25.7. The fourth-order valence-corrected chi connectivity index (χ4v) is 9.39. The van der Waals surface area contributed by atoms with E-state index in [1.807, 2.05) is 24.3 Å². The van der Waals surface area contributed by atoms with E-state index in [0.717, 1.165) is 69.4 Å². The van der Waals surface area contributed by atoms with Crippen LogP contribution in [0.2, 0.25) is 0 Å². The molecule has 4 heterocycles. The van der Waals surface area contributed by atoms with Crippen LogP contribution in [0, 0.1) is 11.8 Å². The first kappa shape index (κ1) is 42.5. The van der Waals surface area contributed by atoms with E-state index in [2.05, 4.69) is 64.3 Å². The largest absolute Gasteiger partial charge is 0.399 e. The van der Waals surface area contributed by atoms with E-state index >= 15 is 0 Å². The average Bonchev–Trinajstić information content (AvgIpc) is 4.02. The summed E-state index contributed by atoms with van der Waals surface area (Å²) in [5.74, 6) is 0.337. The van der Waals surface area contributed by atoms with Gasteiger partial charge in [0, 0.05) is 53.5 Å². The Morgan fingerprint density at radius 3 is 1.80 bits per heavy atom. The van der Waals surface area contributed by atoms with Gasteiger partial charge in [0.15, 0.2) is 0 Å². The molecule has 12 atom stereocenters. The summed E-state index contributed by atoms with van der Waals surface area (Å²) in [7, 11) is 3.49. The number of anilines is 1. The zero-order valence-electron chi connectivity index (χ0n) is 33.4. The molecule has 0 unspecified atom stereocenters. The minimum absolute atomic E-state index is 0.0351. The molecular weight excluding hydrogens is 698 g/mol. The van der Waals surface area contributed by atoms with Gasteiger partial charge >= 0.3 is 6.03 Å². The zero-order chi connectivity index (χ0) is 39.5. The van der Waals surface area contributed by atoms with Crippen molar-refractivity contribution in [2.45, 2.75) is 145 Å². The lowest BCUT2D eigenvalue weighted by atomic mass is 9.67. The fourth-order valence-electron chi connectivity index (χ4n) is 9.39. The van der Waals surface area contributed by atoms with Crippen molar-refractivity contribution in [3.05, 3.63) is 53.1 Å². The number of ether oxygens (including phenoxy) is 6. The molecule has 6 fully saturated rings. The van der Waals surface area contributed by atoms with Gasteiger partial charge in [0.2, 0.25) is 0 Å². The predicted molar refractivity (Wildman–Crippen MR) is 204 cm³/mol. The maximum atomic E-state index is 12.6. The van der Waals surface area contributed by atoms with E-state index in [1.54, 1.807) is 14.2 Å². The maximum absolute atomic E-state index is 12.6. The first-order valence-corrected chi connectivity index (χ1v) is 19.4. The van der Waals surface area contributed by atoms with Gasteiger partial charge in [-0.3, -0.25) is 0 Å². The Morgan fingerprint density at radius 2 is 1.33 bits per heavy atom. The molecule has 0 radical (unpaired) electrons. The second kappa shape index (κ2) is 17.2. The van der Waals surface area contributed by atoms with Crippen molar-refractivity contribution in [1.82, 2.24) is 10.6 Å². The summed E-state index contributed by atoms with van der Waals surface area (Å²) in [4.78, 5) is 12.6. The van der Waals surface area contributed by atoms with Crippen LogP contribution >= 0.6 is 0 Å². The molecule has 2 amide bonds. The van der Waals surface area contributed by atoms with Crippen LogP contribution in [0.15, 0.2) is 47.6 Å². The summed E-state index contributed by atoms with van der Waals surface area (Å²) >= 11 is 0. The lowest BCUT2D eigenvalue weighted by Crippen LogP contribution is -2.60. The Balaban J connectivity index is 0.000000218. The standard InChI is InChI=1S/C25H37N3O4.C16H27NO3.F2/c1-16(2)5-10-20-24(3,32-20)22-21(30-4)19(11-13-25(22)15-31-25)28-23(29)27-14-12-17-6-8-18(26)9-7-17;1-10(2)5-6-12-15(3,20-12)14-13(18-4)11(17)7-8-16(14)9-19-16;1-2/h5-9,19-22H,10-15,26H2,1-4H3,(H2,27,28,29);5,11-14H,6-9,17H2,1-4H3;/t19-,20-,21-,22-,24+,25+;11-,12-,13-,14-,15+,16+;/m11./s1. The topological polar surface area (TPSA) is 162 Å². The van der Waals surface area contributed by atoms with Crippen LogP contribution in [0.25, 0.3) is 0 Å². The van der Waals surface area contributed by atoms with Crippen LogP contribution in [0.1, 0.15) is 85.6 Å². The Labute approximate surface area is 320 Å². The van der Waals surface area contributed by atoms with Crippen LogP contribution < -0.4 is 22.1 Å². The SMILES string of the molecule is CO[C@@H]1[C@H](N)CC[C@]2(CO2)[C@H]1[C@@]1(C)O[C@@H]1CC=C(C)C.CO[C@@H]1[C@H](NC(=O)NCCc2ccc(N)cc2)CC[C@]2(CO2)[C@H]1[C@@]1(C)O[C@@H]1CC=C(C)C.FF. The lowest BCUT2D eigenvalue weighted by Gasteiger charge is -2.43. The molecule has 1 aromatic rings. The summed E-state index contributed by atoms with van der Waals surface area (Å²) in [6.45, 7) is 15.0. The lowest BCUT2D eigenvalue weighted by molar-refractivity contribution is -0.0653. The van der Waals surface area contributed by atoms with Crippen molar-refractivity contribution in [3.8, 4) is 0 Å².